The van der Waals surface area contributed by atoms with Gasteiger partial charge in [-0.25, -0.2) is 13.1 Å². The van der Waals surface area contributed by atoms with Gasteiger partial charge in [0.25, 0.3) is 0 Å². The normalized spacial score (nSPS) is 21.3. The minimum Gasteiger partial charge on any atom is -0.355 e. The summed E-state index contributed by atoms with van der Waals surface area (Å²) in [6, 6.07) is 3.78. The maximum absolute atomic E-state index is 12.0. The molecule has 138 valence electrons. The summed E-state index contributed by atoms with van der Waals surface area (Å²) in [6.07, 6.45) is 5.68. The van der Waals surface area contributed by atoms with Crippen molar-refractivity contribution in [2.24, 2.45) is 4.99 Å². The van der Waals surface area contributed by atoms with Crippen LogP contribution in [-0.2, 0) is 10.0 Å². The highest BCUT2D eigenvalue weighted by Crippen LogP contribution is 2.27. The summed E-state index contributed by atoms with van der Waals surface area (Å²) in [5.41, 5.74) is 0. The van der Waals surface area contributed by atoms with Gasteiger partial charge in [-0.2, -0.15) is 11.8 Å². The summed E-state index contributed by atoms with van der Waals surface area (Å²) in [5.74, 6) is 0.729. The van der Waals surface area contributed by atoms with Gasteiger partial charge in [0.2, 0.25) is 10.0 Å². The predicted molar refractivity (Wildman–Crippen MR) is 114 cm³/mol. The third kappa shape index (κ3) is 6.70. The first-order valence-corrected chi connectivity index (χ1v) is 11.2. The van der Waals surface area contributed by atoms with Gasteiger partial charge in [-0.05, 0) is 37.0 Å². The molecule has 2 unspecified atom stereocenters. The first kappa shape index (κ1) is 22.0. The molecule has 1 aliphatic rings. The number of nitrogens with zero attached hydrogens (tertiary/aromatic N) is 1. The molecule has 1 aliphatic carbocycles. The standard InChI is InChI=1S/C14H24N4O2S3.HI/c1-15-14(18-11-5-6-12(10-11)21-2)16-7-8-17-23(19,20)13-4-3-9-22-13;/h3-4,9,11-12,17H,5-8,10H2,1-2H3,(H2,15,16,18);1H. The number of rotatable bonds is 7. The summed E-state index contributed by atoms with van der Waals surface area (Å²) in [4.78, 5) is 4.20. The van der Waals surface area contributed by atoms with Crippen LogP contribution in [0.1, 0.15) is 19.3 Å². The van der Waals surface area contributed by atoms with Gasteiger partial charge in [-0.15, -0.1) is 35.3 Å². The second-order valence-electron chi connectivity index (χ2n) is 5.34. The number of thiophene rings is 1. The van der Waals surface area contributed by atoms with E-state index in [1.54, 1.807) is 24.6 Å². The van der Waals surface area contributed by atoms with Crippen molar-refractivity contribution < 1.29 is 8.42 Å². The molecule has 0 bridgehead atoms. The van der Waals surface area contributed by atoms with Crippen molar-refractivity contribution in [3.63, 3.8) is 0 Å². The highest BCUT2D eigenvalue weighted by atomic mass is 127. The Hall–Kier alpha value is -0.0400. The second kappa shape index (κ2) is 10.8. The molecule has 1 aromatic heterocycles. The van der Waals surface area contributed by atoms with Crippen LogP contribution in [0.15, 0.2) is 26.7 Å². The lowest BCUT2D eigenvalue weighted by atomic mass is 10.2. The molecule has 0 aromatic carbocycles. The quantitative estimate of drug-likeness (QED) is 0.229. The van der Waals surface area contributed by atoms with Crippen LogP contribution >= 0.6 is 47.1 Å². The van der Waals surface area contributed by atoms with E-state index in [-0.39, 0.29) is 24.0 Å². The summed E-state index contributed by atoms with van der Waals surface area (Å²) in [5, 5.41) is 9.04. The minimum atomic E-state index is -3.39. The maximum Gasteiger partial charge on any atom is 0.250 e. The Morgan fingerprint density at radius 3 is 2.79 bits per heavy atom. The fraction of sp³-hybridized carbons (Fsp3) is 0.643. The van der Waals surface area contributed by atoms with Gasteiger partial charge in [0.1, 0.15) is 4.21 Å². The van der Waals surface area contributed by atoms with Crippen LogP contribution in [0.4, 0.5) is 0 Å². The molecule has 3 N–H and O–H groups in total. The molecule has 10 heteroatoms. The third-order valence-corrected chi connectivity index (χ3v) is 7.71. The summed E-state index contributed by atoms with van der Waals surface area (Å²) >= 11 is 3.13. The van der Waals surface area contributed by atoms with E-state index >= 15 is 0 Å². The lowest BCUT2D eigenvalue weighted by molar-refractivity contribution is 0.580. The second-order valence-corrected chi connectivity index (χ2v) is 9.42. The van der Waals surface area contributed by atoms with Gasteiger partial charge >= 0.3 is 0 Å². The van der Waals surface area contributed by atoms with E-state index in [1.165, 1.54) is 17.8 Å². The Morgan fingerprint density at radius 2 is 2.21 bits per heavy atom. The zero-order chi connectivity index (χ0) is 16.7. The molecular weight excluding hydrogens is 479 g/mol. The van der Waals surface area contributed by atoms with E-state index < -0.39 is 10.0 Å². The van der Waals surface area contributed by atoms with Crippen molar-refractivity contribution in [3.05, 3.63) is 17.5 Å². The van der Waals surface area contributed by atoms with Gasteiger partial charge in [-0.3, -0.25) is 4.99 Å². The van der Waals surface area contributed by atoms with Crippen molar-refractivity contribution in [2.45, 2.75) is 34.8 Å². The molecule has 1 aromatic rings. The summed E-state index contributed by atoms with van der Waals surface area (Å²) in [6.45, 7) is 0.808. The molecule has 0 radical (unpaired) electrons. The molecular formula is C14H25IN4O2S3. The van der Waals surface area contributed by atoms with Crippen molar-refractivity contribution in [2.75, 3.05) is 26.4 Å². The first-order chi connectivity index (χ1) is 11.0. The fourth-order valence-corrected chi connectivity index (χ4v) is 5.39. The van der Waals surface area contributed by atoms with E-state index in [9.17, 15) is 8.42 Å². The minimum absolute atomic E-state index is 0. The number of halogens is 1. The van der Waals surface area contributed by atoms with Crippen LogP contribution in [0.5, 0.6) is 0 Å². The number of thioether (sulfide) groups is 1. The molecule has 1 fully saturated rings. The van der Waals surface area contributed by atoms with E-state index in [4.69, 9.17) is 0 Å². The maximum atomic E-state index is 12.0. The topological polar surface area (TPSA) is 82.6 Å². The largest absolute Gasteiger partial charge is 0.355 e. The molecule has 0 spiro atoms. The molecule has 0 saturated heterocycles. The number of aliphatic imine (C=N–C) groups is 1. The molecule has 2 atom stereocenters. The van der Waals surface area contributed by atoms with Crippen LogP contribution in [0.3, 0.4) is 0 Å². The number of sulfonamides is 1. The number of guanidine groups is 1. The Kier molecular flexibility index (Phi) is 9.94. The van der Waals surface area contributed by atoms with Gasteiger partial charge < -0.3 is 10.6 Å². The summed E-state index contributed by atoms with van der Waals surface area (Å²) < 4.78 is 26.9. The monoisotopic (exact) mass is 504 g/mol. The van der Waals surface area contributed by atoms with Crippen molar-refractivity contribution in [1.82, 2.24) is 15.4 Å². The van der Waals surface area contributed by atoms with Crippen molar-refractivity contribution in [3.8, 4) is 0 Å². The summed E-state index contributed by atoms with van der Waals surface area (Å²) in [7, 11) is -1.66. The van der Waals surface area contributed by atoms with Crippen LogP contribution in [0.25, 0.3) is 0 Å². The van der Waals surface area contributed by atoms with Crippen LogP contribution in [0, 0.1) is 0 Å². The van der Waals surface area contributed by atoms with Crippen LogP contribution in [0.2, 0.25) is 0 Å². The van der Waals surface area contributed by atoms with Crippen LogP contribution < -0.4 is 15.4 Å². The molecule has 0 amide bonds. The molecule has 0 aliphatic heterocycles. The predicted octanol–water partition coefficient (Wildman–Crippen LogP) is 2.09. The van der Waals surface area contributed by atoms with E-state index in [2.05, 4.69) is 26.6 Å². The third-order valence-electron chi connectivity index (χ3n) is 3.75. The number of hydrogen-bond donors (Lipinski definition) is 3. The molecule has 24 heavy (non-hydrogen) atoms. The van der Waals surface area contributed by atoms with Gasteiger partial charge in [0.05, 0.1) is 0 Å². The first-order valence-electron chi connectivity index (χ1n) is 7.58. The lowest BCUT2D eigenvalue weighted by Crippen LogP contribution is -2.45. The Bertz CT molecular complexity index is 608. The molecule has 6 nitrogen and oxygen atoms in total. The average molecular weight is 504 g/mol. The van der Waals surface area contributed by atoms with Gasteiger partial charge in [-0.1, -0.05) is 6.07 Å². The van der Waals surface area contributed by atoms with E-state index in [0.29, 0.717) is 23.3 Å². The average Bonchev–Trinajstić information content (AvgIpc) is 3.21. The SMILES string of the molecule is CN=C(NCCNS(=O)(=O)c1cccs1)NC1CCC(SC)C1.I. The molecule has 1 saturated carbocycles. The lowest BCUT2D eigenvalue weighted by Gasteiger charge is -2.17. The van der Waals surface area contributed by atoms with Crippen molar-refractivity contribution in [1.29, 1.82) is 0 Å². The molecule has 2 rings (SSSR count). The van der Waals surface area contributed by atoms with Crippen molar-refractivity contribution >= 4 is 63.1 Å². The Labute approximate surface area is 169 Å². The number of hydrogen-bond acceptors (Lipinski definition) is 5. The molecule has 1 heterocycles. The van der Waals surface area contributed by atoms with Gasteiger partial charge in [0.15, 0.2) is 5.96 Å². The van der Waals surface area contributed by atoms with E-state index in [0.717, 1.165) is 24.1 Å². The zero-order valence-corrected chi connectivity index (χ0v) is 18.6. The number of nitrogens with one attached hydrogen (secondary N) is 3. The highest BCUT2D eigenvalue weighted by Gasteiger charge is 2.24. The Morgan fingerprint density at radius 1 is 1.42 bits per heavy atom. The highest BCUT2D eigenvalue weighted by molar-refractivity contribution is 14.0. The fourth-order valence-electron chi connectivity index (χ4n) is 2.53. The Balaban J connectivity index is 0.00000288. The van der Waals surface area contributed by atoms with E-state index in [1.807, 2.05) is 11.8 Å². The van der Waals surface area contributed by atoms with Gasteiger partial charge in [0, 0.05) is 31.4 Å². The zero-order valence-electron chi connectivity index (χ0n) is 13.8. The smallest absolute Gasteiger partial charge is 0.250 e. The van der Waals surface area contributed by atoms with Crippen LogP contribution in [-0.4, -0.2) is 52.1 Å².